The summed E-state index contributed by atoms with van der Waals surface area (Å²) in [6.07, 6.45) is 2.71. The van der Waals surface area contributed by atoms with E-state index in [-0.39, 0.29) is 12.4 Å². The van der Waals surface area contributed by atoms with Crippen molar-refractivity contribution in [2.75, 3.05) is 52.9 Å². The molecule has 4 nitrogen and oxygen atoms in total. The molecule has 2 saturated heterocycles. The number of hydrogen-bond donors (Lipinski definition) is 1. The third-order valence-electron chi connectivity index (χ3n) is 5.02. The maximum Gasteiger partial charge on any atom is 0.123 e. The fourth-order valence-electron chi connectivity index (χ4n) is 3.69. The average Bonchev–Trinajstić information content (AvgIpc) is 2.58. The van der Waals surface area contributed by atoms with Crippen LogP contribution in [-0.2, 0) is 6.54 Å². The Kier molecular flexibility index (Phi) is 8.11. The summed E-state index contributed by atoms with van der Waals surface area (Å²) >= 11 is 6.13. The molecule has 0 saturated carbocycles. The predicted octanol–water partition coefficient (Wildman–Crippen LogP) is 2.89. The summed E-state index contributed by atoms with van der Waals surface area (Å²) in [4.78, 5) is 5.13. The largest absolute Gasteiger partial charge is 0.496 e. The van der Waals surface area contributed by atoms with Crippen molar-refractivity contribution >= 4 is 24.0 Å². The van der Waals surface area contributed by atoms with E-state index >= 15 is 0 Å². The Hall–Kier alpha value is -0.520. The second-order valence-corrected chi connectivity index (χ2v) is 7.18. The molecule has 2 aliphatic rings. The summed E-state index contributed by atoms with van der Waals surface area (Å²) in [6.45, 7) is 9.14. The Bertz CT molecular complexity index is 501. The van der Waals surface area contributed by atoms with Crippen LogP contribution in [0.3, 0.4) is 0 Å². The Morgan fingerprint density at radius 3 is 2.62 bits per heavy atom. The third-order valence-corrected chi connectivity index (χ3v) is 5.25. The number of methoxy groups -OCH3 is 1. The highest BCUT2D eigenvalue weighted by atomic mass is 35.5. The molecule has 0 amide bonds. The fourth-order valence-corrected chi connectivity index (χ4v) is 3.88. The second-order valence-electron chi connectivity index (χ2n) is 6.75. The van der Waals surface area contributed by atoms with Gasteiger partial charge in [-0.3, -0.25) is 4.90 Å². The molecule has 136 valence electrons. The van der Waals surface area contributed by atoms with Gasteiger partial charge in [-0.15, -0.1) is 12.4 Å². The first-order chi connectivity index (χ1) is 11.2. The topological polar surface area (TPSA) is 27.7 Å². The monoisotopic (exact) mass is 373 g/mol. The van der Waals surface area contributed by atoms with E-state index in [0.717, 1.165) is 36.3 Å². The number of piperazine rings is 1. The predicted molar refractivity (Wildman–Crippen MR) is 103 cm³/mol. The van der Waals surface area contributed by atoms with E-state index < -0.39 is 0 Å². The molecule has 1 unspecified atom stereocenters. The minimum absolute atomic E-state index is 0. The molecule has 0 aliphatic carbocycles. The van der Waals surface area contributed by atoms with Crippen LogP contribution in [0.4, 0.5) is 0 Å². The van der Waals surface area contributed by atoms with Gasteiger partial charge >= 0.3 is 0 Å². The summed E-state index contributed by atoms with van der Waals surface area (Å²) in [5.74, 6) is 1.77. The number of nitrogens with one attached hydrogen (secondary N) is 1. The van der Waals surface area contributed by atoms with Crippen LogP contribution in [-0.4, -0.2) is 62.7 Å². The molecule has 6 heteroatoms. The van der Waals surface area contributed by atoms with Gasteiger partial charge in [-0.1, -0.05) is 11.6 Å². The molecule has 0 bridgehead atoms. The Morgan fingerprint density at radius 2 is 1.96 bits per heavy atom. The summed E-state index contributed by atoms with van der Waals surface area (Å²) in [5.41, 5.74) is 1.19. The summed E-state index contributed by atoms with van der Waals surface area (Å²) in [5, 5.41) is 4.30. The van der Waals surface area contributed by atoms with Crippen LogP contribution in [0.25, 0.3) is 0 Å². The molecule has 2 aliphatic heterocycles. The lowest BCUT2D eigenvalue weighted by molar-refractivity contribution is 0.107. The van der Waals surface area contributed by atoms with Crippen molar-refractivity contribution in [3.63, 3.8) is 0 Å². The quantitative estimate of drug-likeness (QED) is 0.858. The lowest BCUT2D eigenvalue weighted by Crippen LogP contribution is -2.48. The first-order valence-corrected chi connectivity index (χ1v) is 9.10. The highest BCUT2D eigenvalue weighted by Gasteiger charge is 2.22. The zero-order chi connectivity index (χ0) is 16.1. The van der Waals surface area contributed by atoms with Crippen LogP contribution in [0.1, 0.15) is 18.4 Å². The molecule has 3 rings (SSSR count). The summed E-state index contributed by atoms with van der Waals surface area (Å²) in [7, 11) is 1.73. The van der Waals surface area contributed by atoms with E-state index in [2.05, 4.69) is 15.1 Å². The van der Waals surface area contributed by atoms with Gasteiger partial charge < -0.3 is 15.0 Å². The van der Waals surface area contributed by atoms with Gasteiger partial charge in [0.05, 0.1) is 7.11 Å². The fraction of sp³-hybridized carbons (Fsp3) is 0.667. The van der Waals surface area contributed by atoms with Gasteiger partial charge in [0.1, 0.15) is 5.75 Å². The number of benzene rings is 1. The second kappa shape index (κ2) is 9.83. The smallest absolute Gasteiger partial charge is 0.123 e. The SMILES string of the molecule is COc1ccc(Cl)cc1CN1CCN(CC2CCCNC2)CC1.Cl. The van der Waals surface area contributed by atoms with E-state index in [1.54, 1.807) is 7.11 Å². The zero-order valence-corrected chi connectivity index (χ0v) is 16.0. The number of nitrogens with zero attached hydrogens (tertiary/aromatic N) is 2. The molecule has 1 N–H and O–H groups in total. The van der Waals surface area contributed by atoms with E-state index in [0.29, 0.717) is 0 Å². The minimum atomic E-state index is 0. The highest BCUT2D eigenvalue weighted by molar-refractivity contribution is 6.30. The first-order valence-electron chi connectivity index (χ1n) is 8.72. The molecule has 0 spiro atoms. The minimum Gasteiger partial charge on any atom is -0.496 e. The molecule has 0 aromatic heterocycles. The molecule has 1 aromatic rings. The zero-order valence-electron chi connectivity index (χ0n) is 14.5. The van der Waals surface area contributed by atoms with E-state index in [1.165, 1.54) is 51.1 Å². The standard InChI is InChI=1S/C18H28ClN3O.ClH/c1-23-18-5-4-17(19)11-16(18)14-22-9-7-21(8-10-22)13-15-3-2-6-20-12-15;/h4-5,11,15,20H,2-3,6-10,12-14H2,1H3;1H. The van der Waals surface area contributed by atoms with Crippen molar-refractivity contribution < 1.29 is 4.74 Å². The molecular weight excluding hydrogens is 345 g/mol. The molecular formula is C18H29Cl2N3O. The third kappa shape index (κ3) is 5.50. The van der Waals surface area contributed by atoms with Crippen LogP contribution < -0.4 is 10.1 Å². The van der Waals surface area contributed by atoms with Gasteiger partial charge in [-0.2, -0.15) is 0 Å². The van der Waals surface area contributed by atoms with Crippen molar-refractivity contribution in [3.8, 4) is 5.75 Å². The van der Waals surface area contributed by atoms with Gasteiger partial charge in [0.15, 0.2) is 0 Å². The van der Waals surface area contributed by atoms with E-state index in [9.17, 15) is 0 Å². The number of rotatable bonds is 5. The number of ether oxygens (including phenoxy) is 1. The van der Waals surface area contributed by atoms with Crippen molar-refractivity contribution in [2.45, 2.75) is 19.4 Å². The number of hydrogen-bond acceptors (Lipinski definition) is 4. The Labute approximate surface area is 156 Å². The lowest BCUT2D eigenvalue weighted by Gasteiger charge is -2.37. The van der Waals surface area contributed by atoms with Crippen molar-refractivity contribution in [1.82, 2.24) is 15.1 Å². The molecule has 2 heterocycles. The normalized spacial score (nSPS) is 22.8. The van der Waals surface area contributed by atoms with Crippen LogP contribution in [0, 0.1) is 5.92 Å². The lowest BCUT2D eigenvalue weighted by atomic mass is 9.99. The van der Waals surface area contributed by atoms with Gasteiger partial charge in [0, 0.05) is 49.9 Å². The van der Waals surface area contributed by atoms with Crippen molar-refractivity contribution in [1.29, 1.82) is 0 Å². The maximum absolute atomic E-state index is 6.13. The Balaban J connectivity index is 0.00000208. The van der Waals surface area contributed by atoms with E-state index in [1.807, 2.05) is 18.2 Å². The number of piperidine rings is 1. The molecule has 1 aromatic carbocycles. The maximum atomic E-state index is 6.13. The first kappa shape index (κ1) is 19.8. The van der Waals surface area contributed by atoms with E-state index in [4.69, 9.17) is 16.3 Å². The van der Waals surface area contributed by atoms with Gasteiger partial charge in [0.2, 0.25) is 0 Å². The molecule has 1 atom stereocenters. The summed E-state index contributed by atoms with van der Waals surface area (Å²) < 4.78 is 5.46. The Morgan fingerprint density at radius 1 is 1.21 bits per heavy atom. The van der Waals surface area contributed by atoms with Crippen molar-refractivity contribution in [3.05, 3.63) is 28.8 Å². The van der Waals surface area contributed by atoms with Crippen molar-refractivity contribution in [2.24, 2.45) is 5.92 Å². The van der Waals surface area contributed by atoms with Gasteiger partial charge in [0.25, 0.3) is 0 Å². The van der Waals surface area contributed by atoms with Crippen LogP contribution >= 0.6 is 24.0 Å². The van der Waals surface area contributed by atoms with Crippen LogP contribution in [0.2, 0.25) is 5.02 Å². The molecule has 24 heavy (non-hydrogen) atoms. The van der Waals surface area contributed by atoms with Crippen LogP contribution in [0.5, 0.6) is 5.75 Å². The molecule has 0 radical (unpaired) electrons. The summed E-state index contributed by atoms with van der Waals surface area (Å²) in [6, 6.07) is 5.88. The average molecular weight is 374 g/mol. The number of halogens is 2. The van der Waals surface area contributed by atoms with Gasteiger partial charge in [-0.25, -0.2) is 0 Å². The van der Waals surface area contributed by atoms with Gasteiger partial charge in [-0.05, 0) is 50.0 Å². The molecule has 2 fully saturated rings. The van der Waals surface area contributed by atoms with Crippen LogP contribution in [0.15, 0.2) is 18.2 Å². The highest BCUT2D eigenvalue weighted by Crippen LogP contribution is 2.24.